The Morgan fingerprint density at radius 1 is 1.35 bits per heavy atom. The molecule has 0 aliphatic rings. The molecule has 0 atom stereocenters. The topological polar surface area (TPSA) is 92.2 Å². The Balaban J connectivity index is 1.94. The minimum atomic E-state index is -1.02. The minimum Gasteiger partial charge on any atom is -0.478 e. The first-order chi connectivity index (χ1) is 9.65. The Morgan fingerprint density at radius 2 is 2.20 bits per heavy atom. The van der Waals surface area contributed by atoms with Gasteiger partial charge in [0.1, 0.15) is 0 Å². The highest BCUT2D eigenvalue weighted by Gasteiger charge is 2.08. The Bertz CT molecular complexity index is 637. The van der Waals surface area contributed by atoms with Crippen LogP contribution in [0.4, 0.5) is 0 Å². The summed E-state index contributed by atoms with van der Waals surface area (Å²) in [5.41, 5.74) is 0.670. The zero-order valence-electron chi connectivity index (χ0n) is 10.3. The monoisotopic (exact) mass is 289 g/mol. The van der Waals surface area contributed by atoms with Gasteiger partial charge in [-0.2, -0.15) is 10.2 Å². The van der Waals surface area contributed by atoms with Gasteiger partial charge < -0.3 is 10.4 Å². The third-order valence-electron chi connectivity index (χ3n) is 2.30. The second-order valence-electron chi connectivity index (χ2n) is 3.77. The standard InChI is InChI=1S/C13H11N3O3S/c17-12(18)6-4-10-3-5-11(20-10)13(19)14-8-9-2-1-7-15-16-9/h1-7H,8H2,(H,14,19)(H,17,18)/b6-4+. The highest BCUT2D eigenvalue weighted by Crippen LogP contribution is 2.17. The van der Waals surface area contributed by atoms with E-state index in [0.29, 0.717) is 22.0 Å². The Kier molecular flexibility index (Phi) is 4.56. The van der Waals surface area contributed by atoms with Gasteiger partial charge in [-0.1, -0.05) is 0 Å². The molecule has 0 saturated heterocycles. The first-order valence-corrected chi connectivity index (χ1v) is 6.52. The van der Waals surface area contributed by atoms with Crippen LogP contribution in [0.3, 0.4) is 0 Å². The maximum atomic E-state index is 11.9. The number of rotatable bonds is 5. The number of nitrogens with zero attached hydrogens (tertiary/aromatic N) is 2. The third-order valence-corrected chi connectivity index (χ3v) is 3.35. The zero-order valence-corrected chi connectivity index (χ0v) is 11.1. The SMILES string of the molecule is O=C(O)/C=C/c1ccc(C(=O)NCc2cccnn2)s1. The van der Waals surface area contributed by atoms with E-state index in [0.717, 1.165) is 6.08 Å². The second-order valence-corrected chi connectivity index (χ2v) is 4.89. The molecule has 20 heavy (non-hydrogen) atoms. The van der Waals surface area contributed by atoms with E-state index in [-0.39, 0.29) is 5.91 Å². The molecule has 0 unspecified atom stereocenters. The first-order valence-electron chi connectivity index (χ1n) is 5.71. The van der Waals surface area contributed by atoms with Crippen LogP contribution in [0.5, 0.6) is 0 Å². The molecule has 2 aromatic rings. The molecule has 7 heteroatoms. The molecule has 2 N–H and O–H groups in total. The Labute approximate surface area is 118 Å². The largest absolute Gasteiger partial charge is 0.478 e. The van der Waals surface area contributed by atoms with E-state index < -0.39 is 5.97 Å². The van der Waals surface area contributed by atoms with E-state index in [1.165, 1.54) is 17.4 Å². The number of amides is 1. The van der Waals surface area contributed by atoms with Crippen molar-refractivity contribution in [1.29, 1.82) is 0 Å². The van der Waals surface area contributed by atoms with Gasteiger partial charge in [0.15, 0.2) is 0 Å². The molecule has 1 amide bonds. The summed E-state index contributed by atoms with van der Waals surface area (Å²) in [5.74, 6) is -1.25. The lowest BCUT2D eigenvalue weighted by atomic mass is 10.3. The number of aliphatic carboxylic acids is 1. The summed E-state index contributed by atoms with van der Waals surface area (Å²) in [6, 6.07) is 6.86. The van der Waals surface area contributed by atoms with E-state index >= 15 is 0 Å². The molecule has 0 radical (unpaired) electrons. The number of carboxylic acid groups (broad SMARTS) is 1. The molecule has 2 heterocycles. The summed E-state index contributed by atoms with van der Waals surface area (Å²) in [6.07, 6.45) is 4.05. The fraction of sp³-hybridized carbons (Fsp3) is 0.0769. The van der Waals surface area contributed by atoms with Crippen molar-refractivity contribution in [1.82, 2.24) is 15.5 Å². The van der Waals surface area contributed by atoms with Gasteiger partial charge in [0.25, 0.3) is 5.91 Å². The third kappa shape index (κ3) is 3.99. The lowest BCUT2D eigenvalue weighted by Crippen LogP contribution is -2.22. The fourth-order valence-electron chi connectivity index (χ4n) is 1.40. The predicted octanol–water partition coefficient (Wildman–Crippen LogP) is 1.57. The summed E-state index contributed by atoms with van der Waals surface area (Å²) in [5, 5.41) is 18.8. The Hall–Kier alpha value is -2.54. The van der Waals surface area contributed by atoms with Gasteiger partial charge in [0.2, 0.25) is 0 Å². The van der Waals surface area contributed by atoms with Crippen LogP contribution < -0.4 is 5.32 Å². The second kappa shape index (κ2) is 6.58. The molecular weight excluding hydrogens is 278 g/mol. The Morgan fingerprint density at radius 3 is 2.90 bits per heavy atom. The fourth-order valence-corrected chi connectivity index (χ4v) is 2.23. The molecule has 2 aromatic heterocycles. The highest BCUT2D eigenvalue weighted by molar-refractivity contribution is 7.14. The maximum Gasteiger partial charge on any atom is 0.328 e. The molecule has 2 rings (SSSR count). The molecular formula is C13H11N3O3S. The zero-order chi connectivity index (χ0) is 14.4. The van der Waals surface area contributed by atoms with Crippen molar-refractivity contribution >= 4 is 29.3 Å². The lowest BCUT2D eigenvalue weighted by molar-refractivity contribution is -0.131. The number of carbonyl (C=O) groups is 2. The van der Waals surface area contributed by atoms with E-state index in [9.17, 15) is 9.59 Å². The van der Waals surface area contributed by atoms with Crippen LogP contribution in [-0.4, -0.2) is 27.2 Å². The molecule has 102 valence electrons. The number of carbonyl (C=O) groups excluding carboxylic acids is 1. The maximum absolute atomic E-state index is 11.9. The number of nitrogens with one attached hydrogen (secondary N) is 1. The van der Waals surface area contributed by atoms with Gasteiger partial charge >= 0.3 is 5.97 Å². The van der Waals surface area contributed by atoms with Crippen molar-refractivity contribution in [2.45, 2.75) is 6.54 Å². The van der Waals surface area contributed by atoms with Gasteiger partial charge in [0, 0.05) is 17.2 Å². The van der Waals surface area contributed by atoms with Crippen molar-refractivity contribution in [3.8, 4) is 0 Å². The predicted molar refractivity (Wildman–Crippen MR) is 74.2 cm³/mol. The van der Waals surface area contributed by atoms with Gasteiger partial charge in [-0.3, -0.25) is 4.79 Å². The van der Waals surface area contributed by atoms with Gasteiger partial charge in [0.05, 0.1) is 17.1 Å². The molecule has 0 fully saturated rings. The van der Waals surface area contributed by atoms with Crippen molar-refractivity contribution in [2.75, 3.05) is 0 Å². The lowest BCUT2D eigenvalue weighted by Gasteiger charge is -2.01. The van der Waals surface area contributed by atoms with E-state index in [4.69, 9.17) is 5.11 Å². The number of hydrogen-bond donors (Lipinski definition) is 2. The molecule has 0 aliphatic carbocycles. The van der Waals surface area contributed by atoms with Crippen LogP contribution in [0.15, 0.2) is 36.5 Å². The summed E-state index contributed by atoms with van der Waals surface area (Å²) in [7, 11) is 0. The van der Waals surface area contributed by atoms with Crippen molar-refractivity contribution in [3.05, 3.63) is 52.0 Å². The number of aromatic nitrogens is 2. The smallest absolute Gasteiger partial charge is 0.328 e. The van der Waals surface area contributed by atoms with Crippen LogP contribution in [-0.2, 0) is 11.3 Å². The molecule has 0 bridgehead atoms. The number of carboxylic acids is 1. The van der Waals surface area contributed by atoms with Gasteiger partial charge in [-0.15, -0.1) is 11.3 Å². The molecule has 0 saturated carbocycles. The van der Waals surface area contributed by atoms with Crippen molar-refractivity contribution in [3.63, 3.8) is 0 Å². The van der Waals surface area contributed by atoms with Crippen LogP contribution in [0, 0.1) is 0 Å². The number of hydrogen-bond acceptors (Lipinski definition) is 5. The summed E-state index contributed by atoms with van der Waals surface area (Å²) < 4.78 is 0. The summed E-state index contributed by atoms with van der Waals surface area (Å²) in [4.78, 5) is 23.5. The van der Waals surface area contributed by atoms with E-state index in [2.05, 4.69) is 15.5 Å². The van der Waals surface area contributed by atoms with Crippen LogP contribution in [0.2, 0.25) is 0 Å². The first kappa shape index (κ1) is 13.9. The summed E-state index contributed by atoms with van der Waals surface area (Å²) >= 11 is 1.22. The summed E-state index contributed by atoms with van der Waals surface area (Å²) in [6.45, 7) is 0.296. The van der Waals surface area contributed by atoms with Gasteiger partial charge in [-0.05, 0) is 30.3 Å². The molecule has 0 aliphatic heterocycles. The molecule has 6 nitrogen and oxygen atoms in total. The van der Waals surface area contributed by atoms with Crippen LogP contribution >= 0.6 is 11.3 Å². The normalized spacial score (nSPS) is 10.6. The van der Waals surface area contributed by atoms with Crippen LogP contribution in [0.25, 0.3) is 6.08 Å². The molecule has 0 spiro atoms. The van der Waals surface area contributed by atoms with Crippen molar-refractivity contribution in [2.24, 2.45) is 0 Å². The quantitative estimate of drug-likeness (QED) is 0.815. The van der Waals surface area contributed by atoms with Crippen LogP contribution in [0.1, 0.15) is 20.2 Å². The van der Waals surface area contributed by atoms with Gasteiger partial charge in [-0.25, -0.2) is 4.79 Å². The average Bonchev–Trinajstić information content (AvgIpc) is 2.92. The van der Waals surface area contributed by atoms with E-state index in [1.54, 1.807) is 30.5 Å². The minimum absolute atomic E-state index is 0.226. The number of thiophene rings is 1. The molecule has 0 aromatic carbocycles. The van der Waals surface area contributed by atoms with Crippen molar-refractivity contribution < 1.29 is 14.7 Å². The van der Waals surface area contributed by atoms with E-state index in [1.807, 2.05) is 0 Å². The highest BCUT2D eigenvalue weighted by atomic mass is 32.1. The average molecular weight is 289 g/mol.